The lowest BCUT2D eigenvalue weighted by Gasteiger charge is -2.38. The zero-order valence-electron chi connectivity index (χ0n) is 16.7. The largest absolute Gasteiger partial charge is 0.378 e. The average molecular weight is 388 g/mol. The maximum Gasteiger partial charge on any atom is 0.227 e. The van der Waals surface area contributed by atoms with E-state index in [2.05, 4.69) is 0 Å². The zero-order chi connectivity index (χ0) is 19.8. The van der Waals surface area contributed by atoms with E-state index in [-0.39, 0.29) is 23.8 Å². The Balaban J connectivity index is 1.46. The van der Waals surface area contributed by atoms with Gasteiger partial charge in [-0.25, -0.2) is 0 Å². The highest BCUT2D eigenvalue weighted by Crippen LogP contribution is 2.23. The Kier molecular flexibility index (Phi) is 7.86. The summed E-state index contributed by atoms with van der Waals surface area (Å²) in [5.74, 6) is 0.261. The van der Waals surface area contributed by atoms with Crippen molar-refractivity contribution in [3.8, 4) is 0 Å². The Morgan fingerprint density at radius 3 is 2.50 bits per heavy atom. The molecular formula is C22H33N3O3. The van der Waals surface area contributed by atoms with E-state index in [0.717, 1.165) is 57.3 Å². The van der Waals surface area contributed by atoms with Crippen LogP contribution in [0.25, 0.3) is 0 Å². The second kappa shape index (κ2) is 10.6. The number of piperidine rings is 2. The van der Waals surface area contributed by atoms with Crippen molar-refractivity contribution < 1.29 is 14.3 Å². The molecule has 2 amide bonds. The molecule has 0 bridgehead atoms. The quantitative estimate of drug-likeness (QED) is 0.724. The minimum Gasteiger partial charge on any atom is -0.378 e. The Morgan fingerprint density at radius 2 is 1.79 bits per heavy atom. The third kappa shape index (κ3) is 5.79. The van der Waals surface area contributed by atoms with Crippen molar-refractivity contribution in [1.82, 2.24) is 9.80 Å². The van der Waals surface area contributed by atoms with E-state index in [1.54, 1.807) is 0 Å². The molecule has 6 nitrogen and oxygen atoms in total. The third-order valence-electron chi connectivity index (χ3n) is 5.78. The van der Waals surface area contributed by atoms with E-state index in [1.165, 1.54) is 0 Å². The van der Waals surface area contributed by atoms with E-state index in [9.17, 15) is 9.59 Å². The predicted molar refractivity (Wildman–Crippen MR) is 109 cm³/mol. The van der Waals surface area contributed by atoms with Crippen LogP contribution in [0.15, 0.2) is 30.3 Å². The van der Waals surface area contributed by atoms with E-state index in [4.69, 9.17) is 10.5 Å². The van der Waals surface area contributed by atoms with Gasteiger partial charge in [0.25, 0.3) is 0 Å². The fourth-order valence-electron chi connectivity index (χ4n) is 4.12. The highest BCUT2D eigenvalue weighted by molar-refractivity contribution is 5.82. The maximum absolute atomic E-state index is 13.0. The van der Waals surface area contributed by atoms with Gasteiger partial charge in [0.1, 0.15) is 0 Å². The molecular weight excluding hydrogens is 354 g/mol. The second-order valence-electron chi connectivity index (χ2n) is 7.88. The molecule has 154 valence electrons. The van der Waals surface area contributed by atoms with Gasteiger partial charge in [-0.05, 0) is 44.2 Å². The summed E-state index contributed by atoms with van der Waals surface area (Å²) in [4.78, 5) is 29.5. The van der Waals surface area contributed by atoms with E-state index < -0.39 is 0 Å². The number of amides is 2. The number of hydrogen-bond acceptors (Lipinski definition) is 4. The number of hydrogen-bond donors (Lipinski definition) is 1. The van der Waals surface area contributed by atoms with Crippen molar-refractivity contribution in [2.24, 2.45) is 11.7 Å². The number of likely N-dealkylation sites (tertiary alicyclic amines) is 2. The monoisotopic (exact) mass is 387 g/mol. The first-order valence-electron chi connectivity index (χ1n) is 10.6. The molecule has 2 saturated heterocycles. The van der Waals surface area contributed by atoms with Crippen molar-refractivity contribution in [2.75, 3.05) is 39.3 Å². The number of carbonyl (C=O) groups excluding carboxylic acids is 2. The lowest BCUT2D eigenvalue weighted by Crippen LogP contribution is -2.49. The van der Waals surface area contributed by atoms with Crippen LogP contribution in [0, 0.1) is 5.92 Å². The van der Waals surface area contributed by atoms with Crippen LogP contribution in [0.3, 0.4) is 0 Å². The highest BCUT2D eigenvalue weighted by atomic mass is 16.5. The molecule has 1 aromatic carbocycles. The van der Waals surface area contributed by atoms with E-state index in [1.807, 2.05) is 40.1 Å². The second-order valence-corrected chi connectivity index (χ2v) is 7.88. The Morgan fingerprint density at radius 1 is 1.04 bits per heavy atom. The third-order valence-corrected chi connectivity index (χ3v) is 5.78. The molecule has 2 fully saturated rings. The fourth-order valence-corrected chi connectivity index (χ4v) is 4.12. The molecule has 1 aromatic rings. The molecule has 28 heavy (non-hydrogen) atoms. The van der Waals surface area contributed by atoms with E-state index >= 15 is 0 Å². The SMILES string of the molecule is NCCCOC1CCN(C(=O)C2CCCN(C(=O)Cc3ccccc3)C2)CC1. The number of rotatable bonds is 7. The average Bonchev–Trinajstić information content (AvgIpc) is 2.75. The van der Waals surface area contributed by atoms with Gasteiger partial charge in [0.15, 0.2) is 0 Å². The number of nitrogens with zero attached hydrogens (tertiary/aromatic N) is 2. The van der Waals surface area contributed by atoms with Gasteiger partial charge in [-0.2, -0.15) is 0 Å². The summed E-state index contributed by atoms with van der Waals surface area (Å²) in [5.41, 5.74) is 6.53. The first kappa shape index (κ1) is 20.8. The number of ether oxygens (including phenoxy) is 1. The molecule has 0 radical (unpaired) electrons. The summed E-state index contributed by atoms with van der Waals surface area (Å²) in [6, 6.07) is 9.81. The zero-order valence-corrected chi connectivity index (χ0v) is 16.7. The summed E-state index contributed by atoms with van der Waals surface area (Å²) < 4.78 is 5.83. The van der Waals surface area contributed by atoms with Gasteiger partial charge in [0, 0.05) is 32.8 Å². The number of carbonyl (C=O) groups is 2. The summed E-state index contributed by atoms with van der Waals surface area (Å²) in [7, 11) is 0. The Bertz CT molecular complexity index is 629. The predicted octanol–water partition coefficient (Wildman–Crippen LogP) is 1.82. The van der Waals surface area contributed by atoms with Crippen LogP contribution < -0.4 is 5.73 Å². The molecule has 6 heteroatoms. The van der Waals surface area contributed by atoms with Gasteiger partial charge in [0.05, 0.1) is 18.4 Å². The molecule has 2 aliphatic heterocycles. The summed E-state index contributed by atoms with van der Waals surface area (Å²) in [6.45, 7) is 4.17. The van der Waals surface area contributed by atoms with Gasteiger partial charge in [0.2, 0.25) is 11.8 Å². The molecule has 2 N–H and O–H groups in total. The first-order valence-corrected chi connectivity index (χ1v) is 10.6. The van der Waals surface area contributed by atoms with Crippen molar-refractivity contribution in [3.63, 3.8) is 0 Å². The Hall–Kier alpha value is -1.92. The molecule has 2 aliphatic rings. The van der Waals surface area contributed by atoms with Crippen LogP contribution in [0.5, 0.6) is 0 Å². The van der Waals surface area contributed by atoms with Gasteiger partial charge >= 0.3 is 0 Å². The Labute approximate surface area is 168 Å². The molecule has 1 atom stereocenters. The smallest absolute Gasteiger partial charge is 0.227 e. The molecule has 0 saturated carbocycles. The van der Waals surface area contributed by atoms with Crippen molar-refractivity contribution in [1.29, 1.82) is 0 Å². The number of nitrogens with two attached hydrogens (primary N) is 1. The topological polar surface area (TPSA) is 75.9 Å². The van der Waals surface area contributed by atoms with Crippen molar-refractivity contribution in [2.45, 2.75) is 44.6 Å². The minimum atomic E-state index is -0.0665. The summed E-state index contributed by atoms with van der Waals surface area (Å²) >= 11 is 0. The molecule has 1 unspecified atom stereocenters. The standard InChI is InChI=1S/C22H33N3O3/c23-11-5-15-28-20-9-13-24(14-10-20)22(27)19-8-4-12-25(17-19)21(26)16-18-6-2-1-3-7-18/h1-3,6-7,19-20H,4-5,8-17,23H2. The van der Waals surface area contributed by atoms with Crippen LogP contribution in [-0.2, 0) is 20.7 Å². The minimum absolute atomic E-state index is 0.0665. The fraction of sp³-hybridized carbons (Fsp3) is 0.636. The van der Waals surface area contributed by atoms with Crippen LogP contribution in [0.1, 0.15) is 37.7 Å². The van der Waals surface area contributed by atoms with Crippen molar-refractivity contribution in [3.05, 3.63) is 35.9 Å². The molecule has 2 heterocycles. The molecule has 0 spiro atoms. The molecule has 3 rings (SSSR count). The first-order chi connectivity index (χ1) is 13.7. The number of benzene rings is 1. The van der Waals surface area contributed by atoms with Gasteiger partial charge < -0.3 is 20.3 Å². The normalized spacial score (nSPS) is 21.0. The maximum atomic E-state index is 13.0. The van der Waals surface area contributed by atoms with E-state index in [0.29, 0.717) is 26.1 Å². The van der Waals surface area contributed by atoms with Gasteiger partial charge in [-0.15, -0.1) is 0 Å². The highest BCUT2D eigenvalue weighted by Gasteiger charge is 2.33. The van der Waals surface area contributed by atoms with Crippen LogP contribution in [-0.4, -0.2) is 67.0 Å². The van der Waals surface area contributed by atoms with Crippen LogP contribution in [0.4, 0.5) is 0 Å². The van der Waals surface area contributed by atoms with Gasteiger partial charge in [-0.3, -0.25) is 9.59 Å². The summed E-state index contributed by atoms with van der Waals surface area (Å²) in [5, 5.41) is 0. The lowest BCUT2D eigenvalue weighted by atomic mass is 9.94. The van der Waals surface area contributed by atoms with Gasteiger partial charge in [-0.1, -0.05) is 30.3 Å². The lowest BCUT2D eigenvalue weighted by molar-refractivity contribution is -0.142. The van der Waals surface area contributed by atoms with Crippen LogP contribution in [0.2, 0.25) is 0 Å². The van der Waals surface area contributed by atoms with Crippen LogP contribution >= 0.6 is 0 Å². The molecule has 0 aromatic heterocycles. The molecule has 0 aliphatic carbocycles. The van der Waals surface area contributed by atoms with Crippen molar-refractivity contribution >= 4 is 11.8 Å². The summed E-state index contributed by atoms with van der Waals surface area (Å²) in [6.07, 6.45) is 5.09.